The number of hydrogen-bond acceptors (Lipinski definition) is 5. The van der Waals surface area contributed by atoms with Crippen LogP contribution >= 0.6 is 0 Å². The Bertz CT molecular complexity index is 642. The van der Waals surface area contributed by atoms with E-state index in [1.807, 2.05) is 0 Å². The maximum atomic E-state index is 11.8. The summed E-state index contributed by atoms with van der Waals surface area (Å²) in [5, 5.41) is 11.0. The molecule has 1 heterocycles. The molecule has 0 radical (unpaired) electrons. The number of anilines is 1. The molecule has 0 bridgehead atoms. The third-order valence-electron chi connectivity index (χ3n) is 3.92. The van der Waals surface area contributed by atoms with Gasteiger partial charge in [-0.1, -0.05) is 6.92 Å². The van der Waals surface area contributed by atoms with Crippen LogP contribution in [0, 0.1) is 16.0 Å². The van der Waals surface area contributed by atoms with Gasteiger partial charge in [0, 0.05) is 31.1 Å². The van der Waals surface area contributed by atoms with Crippen molar-refractivity contribution >= 4 is 21.2 Å². The summed E-state index contributed by atoms with van der Waals surface area (Å²) in [6.45, 7) is 3.91. The second-order valence-electron chi connectivity index (χ2n) is 5.70. The van der Waals surface area contributed by atoms with Crippen molar-refractivity contribution in [3.05, 3.63) is 28.3 Å². The van der Waals surface area contributed by atoms with E-state index in [9.17, 15) is 18.5 Å². The maximum absolute atomic E-state index is 11.8. The molecule has 116 valence electrons. The van der Waals surface area contributed by atoms with Gasteiger partial charge in [0.25, 0.3) is 5.69 Å². The largest absolute Gasteiger partial charge is 0.371 e. The third-order valence-corrected chi connectivity index (χ3v) is 5.05. The van der Waals surface area contributed by atoms with Crippen LogP contribution in [0.5, 0.6) is 0 Å². The number of nitro groups is 1. The number of nitrogens with zero attached hydrogens (tertiary/aromatic N) is 2. The van der Waals surface area contributed by atoms with Crippen molar-refractivity contribution in [2.24, 2.45) is 5.92 Å². The number of rotatable bonds is 3. The highest BCUT2D eigenvalue weighted by molar-refractivity contribution is 7.90. The summed E-state index contributed by atoms with van der Waals surface area (Å²) in [6.07, 6.45) is 4.25. The molecule has 1 aromatic rings. The standard InChI is InChI=1S/C14H20N2O4S/c1-11-4-3-8-15(9-7-11)12-5-6-13(16(17)18)14(10-12)21(2,19)20/h5-6,10-11H,3-4,7-9H2,1-2H3. The van der Waals surface area contributed by atoms with Gasteiger partial charge in [-0.25, -0.2) is 8.42 Å². The van der Waals surface area contributed by atoms with E-state index in [-0.39, 0.29) is 10.6 Å². The fourth-order valence-electron chi connectivity index (χ4n) is 2.67. The molecule has 0 amide bonds. The fourth-order valence-corrected chi connectivity index (χ4v) is 3.53. The van der Waals surface area contributed by atoms with Gasteiger partial charge < -0.3 is 4.90 Å². The Hall–Kier alpha value is -1.63. The van der Waals surface area contributed by atoms with Crippen LogP contribution in [-0.2, 0) is 9.84 Å². The number of nitro benzene ring substituents is 1. The van der Waals surface area contributed by atoms with Crippen molar-refractivity contribution in [1.29, 1.82) is 0 Å². The van der Waals surface area contributed by atoms with Crippen LogP contribution in [0.25, 0.3) is 0 Å². The van der Waals surface area contributed by atoms with Crippen LogP contribution in [0.3, 0.4) is 0 Å². The molecule has 1 fully saturated rings. The first-order valence-corrected chi connectivity index (χ1v) is 8.91. The van der Waals surface area contributed by atoms with Gasteiger partial charge in [0.1, 0.15) is 4.90 Å². The van der Waals surface area contributed by atoms with Crippen molar-refractivity contribution < 1.29 is 13.3 Å². The fraction of sp³-hybridized carbons (Fsp3) is 0.571. The second-order valence-corrected chi connectivity index (χ2v) is 7.69. The summed E-state index contributed by atoms with van der Waals surface area (Å²) in [6, 6.07) is 4.37. The van der Waals surface area contributed by atoms with E-state index in [1.54, 1.807) is 6.07 Å². The predicted molar refractivity (Wildman–Crippen MR) is 81.4 cm³/mol. The first-order chi connectivity index (χ1) is 9.79. The van der Waals surface area contributed by atoms with Crippen LogP contribution in [0.4, 0.5) is 11.4 Å². The van der Waals surface area contributed by atoms with E-state index in [0.29, 0.717) is 5.92 Å². The van der Waals surface area contributed by atoms with E-state index in [4.69, 9.17) is 0 Å². The lowest BCUT2D eigenvalue weighted by Gasteiger charge is -2.23. The highest BCUT2D eigenvalue weighted by atomic mass is 32.2. The predicted octanol–water partition coefficient (Wildman–Crippen LogP) is 2.62. The molecule has 21 heavy (non-hydrogen) atoms. The molecule has 0 aromatic heterocycles. The average molecular weight is 312 g/mol. The smallest absolute Gasteiger partial charge is 0.288 e. The molecule has 1 unspecified atom stereocenters. The monoisotopic (exact) mass is 312 g/mol. The van der Waals surface area contributed by atoms with E-state index >= 15 is 0 Å². The van der Waals surface area contributed by atoms with Gasteiger partial charge in [0.2, 0.25) is 0 Å². The minimum absolute atomic E-state index is 0.206. The van der Waals surface area contributed by atoms with Crippen LogP contribution in [-0.4, -0.2) is 32.7 Å². The molecule has 0 saturated carbocycles. The molecule has 7 heteroatoms. The SMILES string of the molecule is CC1CCCN(c2ccc([N+](=O)[O-])c(S(C)(=O)=O)c2)CC1. The Balaban J connectivity index is 2.40. The first kappa shape index (κ1) is 15.8. The highest BCUT2D eigenvalue weighted by Crippen LogP contribution is 2.30. The molecule has 2 rings (SSSR count). The van der Waals surface area contributed by atoms with E-state index in [0.717, 1.165) is 44.3 Å². The first-order valence-electron chi connectivity index (χ1n) is 7.02. The van der Waals surface area contributed by atoms with E-state index in [2.05, 4.69) is 11.8 Å². The summed E-state index contributed by atoms with van der Waals surface area (Å²) in [5.74, 6) is 0.655. The van der Waals surface area contributed by atoms with Crippen LogP contribution < -0.4 is 4.90 Å². The molecule has 0 spiro atoms. The van der Waals surface area contributed by atoms with Gasteiger partial charge in [-0.2, -0.15) is 0 Å². The number of sulfone groups is 1. The second kappa shape index (κ2) is 6.01. The average Bonchev–Trinajstić information content (AvgIpc) is 2.62. The zero-order valence-corrected chi connectivity index (χ0v) is 13.1. The molecule has 0 N–H and O–H groups in total. The van der Waals surface area contributed by atoms with E-state index in [1.165, 1.54) is 12.1 Å². The van der Waals surface area contributed by atoms with Crippen molar-refractivity contribution in [1.82, 2.24) is 0 Å². The van der Waals surface area contributed by atoms with Crippen molar-refractivity contribution in [2.75, 3.05) is 24.2 Å². The maximum Gasteiger partial charge on any atom is 0.288 e. The Kier molecular flexibility index (Phi) is 4.51. The zero-order valence-electron chi connectivity index (χ0n) is 12.3. The molecule has 1 saturated heterocycles. The Labute approximate surface area is 124 Å². The minimum Gasteiger partial charge on any atom is -0.371 e. The molecule has 1 atom stereocenters. The molecular formula is C14H20N2O4S. The quantitative estimate of drug-likeness (QED) is 0.633. The van der Waals surface area contributed by atoms with Crippen molar-refractivity contribution in [3.8, 4) is 0 Å². The summed E-state index contributed by atoms with van der Waals surface area (Å²) >= 11 is 0. The molecule has 0 aliphatic carbocycles. The normalized spacial score (nSPS) is 20.1. The molecule has 1 aliphatic rings. The molecular weight excluding hydrogens is 292 g/mol. The summed E-state index contributed by atoms with van der Waals surface area (Å²) in [5.41, 5.74) is 0.388. The zero-order chi connectivity index (χ0) is 15.6. The summed E-state index contributed by atoms with van der Waals surface area (Å²) in [7, 11) is -3.63. The number of benzene rings is 1. The van der Waals surface area contributed by atoms with Crippen molar-refractivity contribution in [3.63, 3.8) is 0 Å². The van der Waals surface area contributed by atoms with Crippen LogP contribution in [0.2, 0.25) is 0 Å². The van der Waals surface area contributed by atoms with Crippen LogP contribution in [0.1, 0.15) is 26.2 Å². The van der Waals surface area contributed by atoms with Gasteiger partial charge in [-0.3, -0.25) is 10.1 Å². The number of hydrogen-bond donors (Lipinski definition) is 0. The Morgan fingerprint density at radius 1 is 1.29 bits per heavy atom. The van der Waals surface area contributed by atoms with Gasteiger partial charge >= 0.3 is 0 Å². The van der Waals surface area contributed by atoms with Gasteiger partial charge in [0.15, 0.2) is 9.84 Å². The molecule has 1 aliphatic heterocycles. The van der Waals surface area contributed by atoms with Crippen molar-refractivity contribution in [2.45, 2.75) is 31.1 Å². The summed E-state index contributed by atoms with van der Waals surface area (Å²) in [4.78, 5) is 12.2. The molecule has 6 nitrogen and oxygen atoms in total. The highest BCUT2D eigenvalue weighted by Gasteiger charge is 2.24. The van der Waals surface area contributed by atoms with Gasteiger partial charge in [-0.05, 0) is 37.3 Å². The van der Waals surface area contributed by atoms with Crippen LogP contribution in [0.15, 0.2) is 23.1 Å². The molecule has 1 aromatic carbocycles. The third kappa shape index (κ3) is 3.72. The minimum atomic E-state index is -3.63. The topological polar surface area (TPSA) is 80.5 Å². The lowest BCUT2D eigenvalue weighted by Crippen LogP contribution is -2.24. The van der Waals surface area contributed by atoms with Gasteiger partial charge in [-0.15, -0.1) is 0 Å². The Morgan fingerprint density at radius 2 is 2.00 bits per heavy atom. The van der Waals surface area contributed by atoms with E-state index < -0.39 is 14.8 Å². The lowest BCUT2D eigenvalue weighted by atomic mass is 10.0. The Morgan fingerprint density at radius 3 is 2.62 bits per heavy atom. The lowest BCUT2D eigenvalue weighted by molar-refractivity contribution is -0.387. The van der Waals surface area contributed by atoms with Gasteiger partial charge in [0.05, 0.1) is 4.92 Å². The summed E-state index contributed by atoms with van der Waals surface area (Å²) < 4.78 is 23.6.